The monoisotopic (exact) mass is 580 g/mol. The van der Waals surface area contributed by atoms with Crippen LogP contribution in [0.25, 0.3) is 22.3 Å². The number of halogens is 2. The lowest BCUT2D eigenvalue weighted by molar-refractivity contribution is 0.331. The van der Waals surface area contributed by atoms with Gasteiger partial charge in [0.05, 0.1) is 20.3 Å². The van der Waals surface area contributed by atoms with Crippen molar-refractivity contribution in [1.29, 1.82) is 0 Å². The zero-order chi connectivity index (χ0) is 24.0. The first-order valence-electron chi connectivity index (χ1n) is 10.4. The predicted molar refractivity (Wildman–Crippen MR) is 138 cm³/mol. The molecule has 0 unspecified atom stereocenters. The first-order chi connectivity index (χ1) is 15.9. The van der Waals surface area contributed by atoms with Crippen LogP contribution in [0.15, 0.2) is 51.7 Å². The van der Waals surface area contributed by atoms with E-state index in [0.717, 1.165) is 5.57 Å². The molecule has 6 nitrogen and oxygen atoms in total. The van der Waals surface area contributed by atoms with Gasteiger partial charge in [-0.15, -0.1) is 6.58 Å². The fourth-order valence-corrected chi connectivity index (χ4v) is 3.74. The van der Waals surface area contributed by atoms with Gasteiger partial charge in [-0.25, -0.2) is 0 Å². The number of allylic oxidation sites excluding steroid dienone is 1. The number of ether oxygens (including phenoxy) is 3. The predicted octanol–water partition coefficient (Wildman–Crippen LogP) is 6.23. The van der Waals surface area contributed by atoms with Crippen LogP contribution in [0, 0.1) is 0 Å². The Bertz CT molecular complexity index is 1180. The number of rotatable bonds is 11. The van der Waals surface area contributed by atoms with Crippen LogP contribution < -0.4 is 19.6 Å². The summed E-state index contributed by atoms with van der Waals surface area (Å²) in [5.74, 6) is 1.26. The normalized spacial score (nSPS) is 10.9. The molecule has 3 aromatic rings. The number of hydrogen-bond donors (Lipinski definition) is 1. The van der Waals surface area contributed by atoms with Crippen molar-refractivity contribution in [2.24, 2.45) is 0 Å². The second-order valence-corrected chi connectivity index (χ2v) is 9.01. The molecule has 0 spiro atoms. The number of phenolic OH excluding ortho intramolecular Hbond substituents is 1. The highest BCUT2D eigenvalue weighted by Crippen LogP contribution is 2.40. The third-order valence-corrected chi connectivity index (χ3v) is 5.63. The van der Waals surface area contributed by atoms with Crippen LogP contribution in [0.4, 0.5) is 0 Å². The lowest BCUT2D eigenvalue weighted by atomic mass is 10.0. The van der Waals surface area contributed by atoms with Crippen LogP contribution in [0.3, 0.4) is 0 Å². The van der Waals surface area contributed by atoms with Gasteiger partial charge in [0.15, 0.2) is 5.76 Å². The van der Waals surface area contributed by atoms with Gasteiger partial charge in [-0.3, -0.25) is 4.79 Å². The summed E-state index contributed by atoms with van der Waals surface area (Å²) in [4.78, 5) is 13.5. The van der Waals surface area contributed by atoms with Crippen LogP contribution in [0.1, 0.15) is 18.9 Å². The zero-order valence-electron chi connectivity index (χ0n) is 18.6. The molecule has 0 aliphatic heterocycles. The number of hydrogen-bond acceptors (Lipinski definition) is 6. The van der Waals surface area contributed by atoms with Gasteiger partial charge in [0.1, 0.15) is 28.2 Å². The molecule has 1 heterocycles. The molecule has 1 aromatic heterocycles. The summed E-state index contributed by atoms with van der Waals surface area (Å²) >= 11 is 6.68. The Balaban J connectivity index is 2.33. The first kappa shape index (κ1) is 25.2. The summed E-state index contributed by atoms with van der Waals surface area (Å²) in [6.07, 6.45) is 1.21. The Morgan fingerprint density at radius 2 is 1.79 bits per heavy atom. The lowest BCUT2D eigenvalue weighted by Gasteiger charge is -2.17. The Labute approximate surface area is 209 Å². The minimum absolute atomic E-state index is 0.0439. The number of fused-ring (bicyclic) bond motifs is 1. The van der Waals surface area contributed by atoms with Gasteiger partial charge in [0, 0.05) is 27.9 Å². The van der Waals surface area contributed by atoms with E-state index in [1.807, 2.05) is 6.92 Å². The van der Waals surface area contributed by atoms with Crippen molar-refractivity contribution in [3.05, 3.63) is 58.3 Å². The molecule has 0 amide bonds. The summed E-state index contributed by atoms with van der Waals surface area (Å²) < 4.78 is 23.2. The smallest absolute Gasteiger partial charge is 0.239 e. The Kier molecular flexibility index (Phi) is 8.86. The van der Waals surface area contributed by atoms with Crippen LogP contribution in [-0.2, 0) is 6.42 Å². The third-order valence-electron chi connectivity index (χ3n) is 4.98. The second-order valence-electron chi connectivity index (χ2n) is 7.43. The molecule has 0 atom stereocenters. The van der Waals surface area contributed by atoms with Crippen molar-refractivity contribution in [3.63, 3.8) is 0 Å². The van der Waals surface area contributed by atoms with Crippen molar-refractivity contribution in [3.8, 4) is 34.3 Å². The molecule has 0 aliphatic carbocycles. The average molecular weight is 582 g/mol. The molecular formula is C25H26Br2O6. The molecule has 176 valence electrons. The van der Waals surface area contributed by atoms with E-state index in [9.17, 15) is 9.90 Å². The Morgan fingerprint density at radius 1 is 1.12 bits per heavy atom. The van der Waals surface area contributed by atoms with Gasteiger partial charge < -0.3 is 23.7 Å². The van der Waals surface area contributed by atoms with E-state index in [1.54, 1.807) is 31.4 Å². The molecule has 0 saturated heterocycles. The van der Waals surface area contributed by atoms with Gasteiger partial charge >= 0.3 is 0 Å². The molecule has 0 fully saturated rings. The Hall–Kier alpha value is -2.45. The summed E-state index contributed by atoms with van der Waals surface area (Å²) in [5, 5.41) is 12.0. The summed E-state index contributed by atoms with van der Waals surface area (Å²) in [5.41, 5.74) is 2.17. The van der Waals surface area contributed by atoms with Crippen LogP contribution >= 0.6 is 31.9 Å². The maximum Gasteiger partial charge on any atom is 0.239 e. The third kappa shape index (κ3) is 5.73. The fraction of sp³-hybridized carbons (Fsp3) is 0.320. The largest absolute Gasteiger partial charge is 0.507 e. The molecule has 33 heavy (non-hydrogen) atoms. The van der Waals surface area contributed by atoms with E-state index in [4.69, 9.17) is 18.6 Å². The number of alkyl halides is 2. The number of benzene rings is 2. The van der Waals surface area contributed by atoms with Crippen molar-refractivity contribution in [2.45, 2.75) is 19.8 Å². The molecule has 0 saturated carbocycles. The molecule has 0 bridgehead atoms. The summed E-state index contributed by atoms with van der Waals surface area (Å²) in [6.45, 7) is 6.57. The summed E-state index contributed by atoms with van der Waals surface area (Å²) in [6, 6.07) is 8.62. The number of aromatic hydroxyl groups is 1. The van der Waals surface area contributed by atoms with Crippen molar-refractivity contribution >= 4 is 42.8 Å². The van der Waals surface area contributed by atoms with Crippen molar-refractivity contribution < 1.29 is 23.7 Å². The average Bonchev–Trinajstić information content (AvgIpc) is 2.81. The number of aryl methyl sites for hydroxylation is 1. The number of phenols is 1. The molecule has 0 radical (unpaired) electrons. The SMILES string of the molecule is C=C(C)CCc1c(OCCBr)cc(O)c2c(=O)c(OCCBr)c(-c3ccc(OC)cc3)oc12. The maximum atomic E-state index is 13.5. The molecule has 0 aliphatic rings. The van der Waals surface area contributed by atoms with Crippen LogP contribution in [0.2, 0.25) is 0 Å². The molecule has 1 N–H and O–H groups in total. The first-order valence-corrected chi connectivity index (χ1v) is 12.7. The van der Waals surface area contributed by atoms with Gasteiger partial charge in [-0.05, 0) is 44.0 Å². The van der Waals surface area contributed by atoms with Gasteiger partial charge in [0.25, 0.3) is 0 Å². The van der Waals surface area contributed by atoms with Gasteiger partial charge in [-0.1, -0.05) is 37.4 Å². The van der Waals surface area contributed by atoms with Crippen LogP contribution in [0.5, 0.6) is 23.0 Å². The van der Waals surface area contributed by atoms with Gasteiger partial charge in [0.2, 0.25) is 11.2 Å². The Morgan fingerprint density at radius 3 is 2.39 bits per heavy atom. The van der Waals surface area contributed by atoms with Crippen molar-refractivity contribution in [1.82, 2.24) is 0 Å². The van der Waals surface area contributed by atoms with E-state index in [0.29, 0.717) is 52.7 Å². The number of methoxy groups -OCH3 is 1. The van der Waals surface area contributed by atoms with E-state index in [-0.39, 0.29) is 34.8 Å². The fourth-order valence-electron chi connectivity index (χ4n) is 3.42. The summed E-state index contributed by atoms with van der Waals surface area (Å²) in [7, 11) is 1.58. The van der Waals surface area contributed by atoms with E-state index >= 15 is 0 Å². The van der Waals surface area contributed by atoms with Crippen molar-refractivity contribution in [2.75, 3.05) is 31.0 Å². The van der Waals surface area contributed by atoms with E-state index in [2.05, 4.69) is 38.4 Å². The highest BCUT2D eigenvalue weighted by atomic mass is 79.9. The van der Waals surface area contributed by atoms with E-state index < -0.39 is 5.43 Å². The minimum atomic E-state index is -0.441. The maximum absolute atomic E-state index is 13.5. The topological polar surface area (TPSA) is 78.1 Å². The minimum Gasteiger partial charge on any atom is -0.507 e. The molecule has 3 rings (SSSR count). The van der Waals surface area contributed by atoms with Gasteiger partial charge in [-0.2, -0.15) is 0 Å². The molecule has 2 aromatic carbocycles. The highest BCUT2D eigenvalue weighted by Gasteiger charge is 2.24. The van der Waals surface area contributed by atoms with E-state index in [1.165, 1.54) is 6.07 Å². The molecular weight excluding hydrogens is 556 g/mol. The standard InChI is InChI=1S/C25H26Br2O6/c1-15(2)4-9-18-20(31-12-10-26)14-19(28)21-22(29)25(32-13-11-27)23(33-24(18)21)16-5-7-17(30-3)8-6-16/h5-8,14,28H,1,4,9-13H2,2-3H3. The highest BCUT2D eigenvalue weighted by molar-refractivity contribution is 9.09. The lowest BCUT2D eigenvalue weighted by Crippen LogP contribution is -2.13. The quantitative estimate of drug-likeness (QED) is 0.214. The van der Waals surface area contributed by atoms with Crippen LogP contribution in [-0.4, -0.2) is 36.1 Å². The second kappa shape index (κ2) is 11.6. The molecule has 8 heteroatoms. The zero-order valence-corrected chi connectivity index (χ0v) is 21.8.